The van der Waals surface area contributed by atoms with Crippen molar-refractivity contribution in [1.82, 2.24) is 45.5 Å². The molecule has 5 atom stereocenters. The number of carbonyl (C=O) groups is 4. The first-order chi connectivity index (χ1) is 46.0. The summed E-state index contributed by atoms with van der Waals surface area (Å²) >= 11 is 0. The van der Waals surface area contributed by atoms with Gasteiger partial charge in [0.2, 0.25) is 43.7 Å². The minimum atomic E-state index is -3.66. The first kappa shape index (κ1) is 83.4. The molecular weight excluding hydrogens is 1350 g/mol. The van der Waals surface area contributed by atoms with Gasteiger partial charge in [-0.05, 0) is 94.6 Å². The number of unbranched alkanes of at least 4 members (excludes halogenated alkanes) is 1. The Hall–Kier alpha value is -8.07. The van der Waals surface area contributed by atoms with Gasteiger partial charge < -0.3 is 50.2 Å². The molecular formula is C68H83CaF2N11O15S2. The van der Waals surface area contributed by atoms with Crippen LogP contribution in [0, 0.1) is 17.6 Å². The Balaban J connectivity index is 0.000000314. The van der Waals surface area contributed by atoms with E-state index in [0.717, 1.165) is 56.2 Å². The van der Waals surface area contributed by atoms with Crippen LogP contribution in [0.5, 0.6) is 0 Å². The molecule has 0 aliphatic carbocycles. The Bertz CT molecular complexity index is 3940. The summed E-state index contributed by atoms with van der Waals surface area (Å²) in [6.45, 7) is 13.3. The Morgan fingerprint density at radius 1 is 0.616 bits per heavy atom. The number of halogens is 2. The summed E-state index contributed by atoms with van der Waals surface area (Å²) in [5, 5.41) is 85.2. The van der Waals surface area contributed by atoms with Crippen LogP contribution in [0.3, 0.4) is 0 Å². The number of sulfonamides is 2. The fourth-order valence-electron chi connectivity index (χ4n) is 9.86. The van der Waals surface area contributed by atoms with Gasteiger partial charge in [0.05, 0.1) is 59.7 Å². The van der Waals surface area contributed by atoms with Gasteiger partial charge in [0.25, 0.3) is 0 Å². The Morgan fingerprint density at radius 3 is 1.38 bits per heavy atom. The summed E-state index contributed by atoms with van der Waals surface area (Å²) in [6.07, 6.45) is 3.13. The number of hydrogen-bond acceptors (Lipinski definition) is 21. The first-order valence-electron chi connectivity index (χ1n) is 31.2. The quantitative estimate of drug-likeness (QED) is 0.0285. The maximum absolute atomic E-state index is 13.5. The normalized spacial score (nSPS) is 13.2. The van der Waals surface area contributed by atoms with Crippen LogP contribution in [0.25, 0.3) is 57.2 Å². The van der Waals surface area contributed by atoms with Crippen molar-refractivity contribution < 1.29 is 80.5 Å². The molecule has 0 saturated heterocycles. The molecule has 3 heterocycles. The molecule has 99 heavy (non-hydrogen) atoms. The zero-order valence-electron chi connectivity index (χ0n) is 56.9. The van der Waals surface area contributed by atoms with Gasteiger partial charge in [-0.1, -0.05) is 128 Å². The Morgan fingerprint density at radius 2 is 1.03 bits per heavy atom. The number of aliphatic carboxylic acids is 3. The van der Waals surface area contributed by atoms with Crippen LogP contribution in [-0.4, -0.2) is 206 Å². The second-order valence-electron chi connectivity index (χ2n) is 24.0. The van der Waals surface area contributed by atoms with Gasteiger partial charge in [0.1, 0.15) is 17.7 Å². The van der Waals surface area contributed by atoms with E-state index in [0.29, 0.717) is 57.3 Å². The summed E-state index contributed by atoms with van der Waals surface area (Å²) in [5.41, 5.74) is 7.19. The minimum Gasteiger partial charge on any atom is -0.550 e. The van der Waals surface area contributed by atoms with Crippen LogP contribution in [-0.2, 0) is 45.8 Å². The average Bonchev–Trinajstić information content (AvgIpc) is 1.08. The molecule has 4 aromatic carbocycles. The van der Waals surface area contributed by atoms with Crippen LogP contribution in [0.15, 0.2) is 109 Å². The van der Waals surface area contributed by atoms with Crippen molar-refractivity contribution in [1.29, 1.82) is 0 Å². The van der Waals surface area contributed by atoms with Crippen molar-refractivity contribution in [2.75, 3.05) is 35.2 Å². The van der Waals surface area contributed by atoms with Gasteiger partial charge in [-0.3, -0.25) is 4.79 Å². The van der Waals surface area contributed by atoms with Crippen molar-refractivity contribution in [3.05, 3.63) is 149 Å². The zero-order valence-corrected chi connectivity index (χ0v) is 60.7. The molecule has 7 rings (SSSR count). The second kappa shape index (κ2) is 38.5. The molecule has 528 valence electrons. The van der Waals surface area contributed by atoms with E-state index in [1.807, 2.05) is 97.0 Å². The molecule has 0 spiro atoms. The van der Waals surface area contributed by atoms with Gasteiger partial charge in [-0.25, -0.2) is 59.0 Å². The van der Waals surface area contributed by atoms with Gasteiger partial charge >= 0.3 is 43.7 Å². The largest absolute Gasteiger partial charge is 2.00 e. The molecule has 0 fully saturated rings. The number of carboxylic acids is 3. The number of aliphatic hydroxyl groups is 4. The van der Waals surface area contributed by atoms with Crippen molar-refractivity contribution in [3.63, 3.8) is 0 Å². The number of tetrazole rings is 1. The van der Waals surface area contributed by atoms with Crippen molar-refractivity contribution in [2.24, 2.45) is 5.92 Å². The van der Waals surface area contributed by atoms with Crippen molar-refractivity contribution in [2.45, 2.75) is 142 Å². The molecule has 3 aromatic heterocycles. The number of anilines is 2. The van der Waals surface area contributed by atoms with Crippen LogP contribution in [0.2, 0.25) is 0 Å². The van der Waals surface area contributed by atoms with E-state index in [-0.39, 0.29) is 92.7 Å². The van der Waals surface area contributed by atoms with Crippen molar-refractivity contribution in [3.8, 4) is 45.0 Å². The SMILES string of the molecule is CC(C)c1nc(N(C)S(C)(=O)=O)nc(-c2ccc(F)cc2)c1/C=C/[C@@H](O)C[C@@H](O)CC(=O)[O-].CC(C)c1nc(N(C)S(C)(=O)=O)nc(-c2ccc(F)cc2)c1/C=C/[C@@H](O)C[C@@H](O)CC(=O)[O-].CCCCC(=O)N(Cc1ccc(-c2ccccc2-c2nn[nH]n2)cc1)[C@H](C(=O)O)C(C)C.[Ca+2]. The van der Waals surface area contributed by atoms with E-state index in [1.54, 1.807) is 0 Å². The number of nitrogens with one attached hydrogen (secondary N) is 1. The van der Waals surface area contributed by atoms with Gasteiger partial charge in [-0.2, -0.15) is 5.21 Å². The molecule has 0 aliphatic rings. The Labute approximate surface area is 604 Å². The topological polar surface area (TPSA) is 400 Å². The summed E-state index contributed by atoms with van der Waals surface area (Å²) in [5.74, 6) is -5.06. The number of hydrogen-bond donors (Lipinski definition) is 6. The molecule has 0 unspecified atom stereocenters. The van der Waals surface area contributed by atoms with Gasteiger partial charge in [0, 0.05) is 92.5 Å². The van der Waals surface area contributed by atoms with Crippen LogP contribution in [0.4, 0.5) is 20.7 Å². The molecule has 6 N–H and O–H groups in total. The number of H-pyrrole nitrogens is 1. The number of aromatic nitrogens is 8. The average molecular weight is 1440 g/mol. The second-order valence-corrected chi connectivity index (χ2v) is 28.1. The number of nitrogens with zero attached hydrogens (tertiary/aromatic N) is 10. The third kappa shape index (κ3) is 25.3. The van der Waals surface area contributed by atoms with E-state index in [2.05, 4.69) is 40.6 Å². The molecule has 0 bridgehead atoms. The number of benzene rings is 4. The van der Waals surface area contributed by atoms with E-state index in [9.17, 15) is 80.5 Å². The molecule has 7 aromatic rings. The smallest absolute Gasteiger partial charge is 0.550 e. The van der Waals surface area contributed by atoms with Crippen LogP contribution in [0.1, 0.15) is 133 Å². The first-order valence-corrected chi connectivity index (χ1v) is 34.9. The predicted molar refractivity (Wildman–Crippen MR) is 367 cm³/mol. The number of amides is 1. The fourth-order valence-corrected chi connectivity index (χ4v) is 10.6. The van der Waals surface area contributed by atoms with Crippen LogP contribution >= 0.6 is 0 Å². The summed E-state index contributed by atoms with van der Waals surface area (Å²) in [6, 6.07) is 25.6. The number of rotatable bonds is 30. The number of aromatic amines is 1. The maximum Gasteiger partial charge on any atom is 2.00 e. The van der Waals surface area contributed by atoms with E-state index in [4.69, 9.17) is 0 Å². The molecule has 0 radical (unpaired) electrons. The van der Waals surface area contributed by atoms with Crippen molar-refractivity contribution >= 4 is 106 Å². The standard InChI is InChI=1S/C24H29N5O3.2C22H28FN3O6S.Ca/c1-4-5-10-21(30)29(22(16(2)3)24(31)32)15-17-11-13-18(14-12-17)19-8-6-7-9-20(19)23-25-27-28-26-23;2*1-13(2)20-18(10-9-16(27)11-17(28)12-19(29)30)21(14-5-7-15(23)8-6-14)25-22(24-20)26(3)33(4,31)32;/h6-9,11-14,16,22H,4-5,10,15H2,1-3H3,(H,31,32)(H,25,26,27,28);2*5-10,13,16-17,27-28H,11-12H2,1-4H3,(H,29,30);/q;;;+2/p-2/b;2*10-9+;/t22-;2*16-,17-;/m011./s1. The Kier molecular flexibility index (Phi) is 32.4. The molecule has 31 heteroatoms. The van der Waals surface area contributed by atoms with E-state index < -0.39 is 92.9 Å². The van der Waals surface area contributed by atoms with E-state index in [1.165, 1.54) is 91.8 Å². The molecule has 0 aliphatic heterocycles. The fraction of sp³-hybridized carbons (Fsp3) is 0.397. The molecule has 1 amide bonds. The predicted octanol–water partition coefficient (Wildman–Crippen LogP) is 5.91. The number of carboxylic acid groups (broad SMARTS) is 3. The maximum atomic E-state index is 13.5. The summed E-state index contributed by atoms with van der Waals surface area (Å²) in [7, 11) is -4.67. The van der Waals surface area contributed by atoms with E-state index >= 15 is 0 Å². The number of carbonyl (C=O) groups excluding carboxylic acids is 3. The summed E-state index contributed by atoms with van der Waals surface area (Å²) in [4.78, 5) is 65.2. The third-order valence-electron chi connectivity index (χ3n) is 15.0. The monoisotopic (exact) mass is 1440 g/mol. The summed E-state index contributed by atoms with van der Waals surface area (Å²) < 4.78 is 77.1. The van der Waals surface area contributed by atoms with Gasteiger partial charge in [-0.15, -0.1) is 10.2 Å². The third-order valence-corrected chi connectivity index (χ3v) is 17.3. The van der Waals surface area contributed by atoms with Crippen LogP contribution < -0.4 is 18.8 Å². The number of aliphatic hydroxyl groups excluding tert-OH is 4. The minimum absolute atomic E-state index is 0. The van der Waals surface area contributed by atoms with Gasteiger partial charge in [0.15, 0.2) is 0 Å². The molecule has 26 nitrogen and oxygen atoms in total. The zero-order chi connectivity index (χ0) is 72.9. The molecule has 0 saturated carbocycles.